The van der Waals surface area contributed by atoms with E-state index in [4.69, 9.17) is 0 Å². The van der Waals surface area contributed by atoms with E-state index in [1.54, 1.807) is 36.8 Å². The lowest BCUT2D eigenvalue weighted by Gasteiger charge is -2.32. The third-order valence-corrected chi connectivity index (χ3v) is 5.43. The van der Waals surface area contributed by atoms with Crippen LogP contribution in [0.3, 0.4) is 0 Å². The van der Waals surface area contributed by atoms with Crippen LogP contribution in [0.4, 0.5) is 10.5 Å². The van der Waals surface area contributed by atoms with E-state index in [9.17, 15) is 9.00 Å². The van der Waals surface area contributed by atoms with Crippen molar-refractivity contribution in [3.05, 3.63) is 36.4 Å². The lowest BCUT2D eigenvalue weighted by Crippen LogP contribution is -2.42. The Bertz CT molecular complexity index is 759. The van der Waals surface area contributed by atoms with Gasteiger partial charge < -0.3 is 14.8 Å². The summed E-state index contributed by atoms with van der Waals surface area (Å²) in [6.45, 7) is 4.27. The molecule has 1 fully saturated rings. The Morgan fingerprint density at radius 2 is 2.12 bits per heavy atom. The molecule has 1 aromatic carbocycles. The fourth-order valence-corrected chi connectivity index (χ4v) is 3.65. The molecule has 1 saturated heterocycles. The summed E-state index contributed by atoms with van der Waals surface area (Å²) in [5, 5.41) is 11.2. The summed E-state index contributed by atoms with van der Waals surface area (Å²) >= 11 is 0. The van der Waals surface area contributed by atoms with Gasteiger partial charge in [-0.05, 0) is 44.0 Å². The topological polar surface area (TPSA) is 80.1 Å². The van der Waals surface area contributed by atoms with Crippen molar-refractivity contribution in [2.45, 2.75) is 37.1 Å². The minimum atomic E-state index is -1.02. The number of carbonyl (C=O) groups is 1. The van der Waals surface area contributed by atoms with Crippen LogP contribution in [0, 0.1) is 0 Å². The predicted molar refractivity (Wildman–Crippen MR) is 97.0 cm³/mol. The Morgan fingerprint density at radius 3 is 2.80 bits per heavy atom. The van der Waals surface area contributed by atoms with Crippen molar-refractivity contribution < 1.29 is 9.00 Å². The van der Waals surface area contributed by atoms with Crippen molar-refractivity contribution in [3.8, 4) is 0 Å². The van der Waals surface area contributed by atoms with Crippen LogP contribution >= 0.6 is 0 Å². The number of amides is 2. The molecule has 1 aliphatic heterocycles. The highest BCUT2D eigenvalue weighted by atomic mass is 32.2. The third kappa shape index (κ3) is 4.07. The van der Waals surface area contributed by atoms with Gasteiger partial charge in [0.2, 0.25) is 0 Å². The van der Waals surface area contributed by atoms with Crippen LogP contribution in [0.5, 0.6) is 0 Å². The molecular formula is C17H23N5O2S. The molecular weight excluding hydrogens is 338 g/mol. The van der Waals surface area contributed by atoms with E-state index in [2.05, 4.69) is 22.4 Å². The minimum absolute atomic E-state index is 0.113. The molecule has 2 amide bonds. The zero-order valence-electron chi connectivity index (χ0n) is 14.5. The van der Waals surface area contributed by atoms with Gasteiger partial charge in [0.05, 0.1) is 0 Å². The molecule has 3 rings (SSSR count). The average Bonchev–Trinajstić information content (AvgIpc) is 3.11. The van der Waals surface area contributed by atoms with Crippen molar-refractivity contribution in [1.29, 1.82) is 0 Å². The molecule has 1 aromatic heterocycles. The SMILES string of the molecule is CCn1cnnc1[C@@H]1CCCN(C(=O)Nc2ccc([S@](C)=O)cc2)C1. The number of aryl methyl sites for hydroxylation is 1. The van der Waals surface area contributed by atoms with Crippen LogP contribution < -0.4 is 5.32 Å². The summed E-state index contributed by atoms with van der Waals surface area (Å²) in [5.74, 6) is 1.17. The lowest BCUT2D eigenvalue weighted by atomic mass is 9.97. The number of nitrogens with zero attached hydrogens (tertiary/aromatic N) is 4. The molecule has 0 bridgehead atoms. The Hall–Kier alpha value is -2.22. The number of piperidine rings is 1. The fourth-order valence-electron chi connectivity index (χ4n) is 3.13. The van der Waals surface area contributed by atoms with Crippen molar-refractivity contribution in [2.75, 3.05) is 24.7 Å². The molecule has 0 radical (unpaired) electrons. The second-order valence-electron chi connectivity index (χ2n) is 6.17. The number of benzene rings is 1. The van der Waals surface area contributed by atoms with Crippen LogP contribution in [-0.4, -0.2) is 49.2 Å². The molecule has 1 aliphatic rings. The van der Waals surface area contributed by atoms with E-state index in [0.717, 1.165) is 36.7 Å². The molecule has 2 aromatic rings. The number of hydrogen-bond acceptors (Lipinski definition) is 4. The molecule has 25 heavy (non-hydrogen) atoms. The maximum atomic E-state index is 12.6. The molecule has 1 N–H and O–H groups in total. The zero-order valence-corrected chi connectivity index (χ0v) is 15.3. The van der Waals surface area contributed by atoms with E-state index < -0.39 is 10.8 Å². The Labute approximate surface area is 149 Å². The Kier molecular flexibility index (Phi) is 5.47. The Balaban J connectivity index is 1.64. The van der Waals surface area contributed by atoms with Crippen LogP contribution in [0.25, 0.3) is 0 Å². The smallest absolute Gasteiger partial charge is 0.321 e. The van der Waals surface area contributed by atoms with E-state index in [0.29, 0.717) is 12.2 Å². The first kappa shape index (κ1) is 17.6. The zero-order chi connectivity index (χ0) is 17.8. The van der Waals surface area contributed by atoms with Gasteiger partial charge in [0.1, 0.15) is 12.2 Å². The molecule has 2 heterocycles. The third-order valence-electron chi connectivity index (χ3n) is 4.50. The molecule has 8 heteroatoms. The molecule has 0 saturated carbocycles. The number of hydrogen-bond donors (Lipinski definition) is 1. The van der Waals surface area contributed by atoms with Crippen molar-refractivity contribution >= 4 is 22.5 Å². The maximum Gasteiger partial charge on any atom is 0.321 e. The highest BCUT2D eigenvalue weighted by molar-refractivity contribution is 7.84. The summed E-state index contributed by atoms with van der Waals surface area (Å²) in [7, 11) is -1.02. The number of nitrogens with one attached hydrogen (secondary N) is 1. The van der Waals surface area contributed by atoms with Gasteiger partial charge in [-0.2, -0.15) is 0 Å². The van der Waals surface area contributed by atoms with Crippen molar-refractivity contribution in [1.82, 2.24) is 19.7 Å². The Morgan fingerprint density at radius 1 is 1.36 bits per heavy atom. The molecule has 134 valence electrons. The van der Waals surface area contributed by atoms with Gasteiger partial charge in [0.15, 0.2) is 0 Å². The first-order chi connectivity index (χ1) is 12.1. The molecule has 0 unspecified atom stereocenters. The van der Waals surface area contributed by atoms with Gasteiger partial charge in [-0.25, -0.2) is 4.79 Å². The molecule has 0 spiro atoms. The van der Waals surface area contributed by atoms with Gasteiger partial charge in [0, 0.05) is 53.2 Å². The van der Waals surface area contributed by atoms with Crippen LogP contribution in [-0.2, 0) is 17.3 Å². The first-order valence-electron chi connectivity index (χ1n) is 8.45. The van der Waals surface area contributed by atoms with Crippen LogP contribution in [0.2, 0.25) is 0 Å². The highest BCUT2D eigenvalue weighted by Gasteiger charge is 2.27. The number of carbonyl (C=O) groups excluding carboxylic acids is 1. The molecule has 2 atom stereocenters. The lowest BCUT2D eigenvalue weighted by molar-refractivity contribution is 0.190. The van der Waals surface area contributed by atoms with Gasteiger partial charge >= 0.3 is 6.03 Å². The normalized spacial score (nSPS) is 18.8. The summed E-state index contributed by atoms with van der Waals surface area (Å²) in [4.78, 5) is 15.1. The number of likely N-dealkylation sites (tertiary alicyclic amines) is 1. The second kappa shape index (κ2) is 7.77. The summed E-state index contributed by atoms with van der Waals surface area (Å²) in [6, 6.07) is 6.99. The predicted octanol–water partition coefficient (Wildman–Crippen LogP) is 2.45. The van der Waals surface area contributed by atoms with Gasteiger partial charge in [0.25, 0.3) is 0 Å². The average molecular weight is 361 g/mol. The van der Waals surface area contributed by atoms with E-state index in [1.165, 1.54) is 0 Å². The standard InChI is InChI=1S/C17H23N5O2S/c1-3-21-12-18-20-16(21)13-5-4-10-22(11-13)17(23)19-14-6-8-15(9-7-14)25(2)24/h6-9,12-13H,3-5,10-11H2,1-2H3,(H,19,23)/t13-,25+/m1/s1. The first-order valence-corrected chi connectivity index (χ1v) is 10.0. The highest BCUT2D eigenvalue weighted by Crippen LogP contribution is 2.26. The largest absolute Gasteiger partial charge is 0.324 e. The van der Waals surface area contributed by atoms with E-state index in [-0.39, 0.29) is 11.9 Å². The summed E-state index contributed by atoms with van der Waals surface area (Å²) in [6.07, 6.45) is 5.34. The van der Waals surface area contributed by atoms with Gasteiger partial charge in [-0.3, -0.25) is 4.21 Å². The van der Waals surface area contributed by atoms with Crippen molar-refractivity contribution in [3.63, 3.8) is 0 Å². The molecule has 0 aliphatic carbocycles. The number of urea groups is 1. The van der Waals surface area contributed by atoms with E-state index >= 15 is 0 Å². The van der Waals surface area contributed by atoms with Gasteiger partial charge in [-0.1, -0.05) is 0 Å². The monoisotopic (exact) mass is 361 g/mol. The minimum Gasteiger partial charge on any atom is -0.324 e. The fraction of sp³-hybridized carbons (Fsp3) is 0.471. The number of anilines is 1. The summed E-state index contributed by atoms with van der Waals surface area (Å²) in [5.41, 5.74) is 0.707. The quantitative estimate of drug-likeness (QED) is 0.907. The number of aromatic nitrogens is 3. The summed E-state index contributed by atoms with van der Waals surface area (Å²) < 4.78 is 13.5. The number of rotatable bonds is 4. The second-order valence-corrected chi connectivity index (χ2v) is 7.55. The van der Waals surface area contributed by atoms with Crippen LogP contribution in [0.15, 0.2) is 35.5 Å². The van der Waals surface area contributed by atoms with Crippen molar-refractivity contribution in [2.24, 2.45) is 0 Å². The van der Waals surface area contributed by atoms with Gasteiger partial charge in [-0.15, -0.1) is 10.2 Å². The maximum absolute atomic E-state index is 12.6. The molecule has 7 nitrogen and oxygen atoms in total. The van der Waals surface area contributed by atoms with E-state index in [1.807, 2.05) is 9.47 Å². The van der Waals surface area contributed by atoms with Crippen LogP contribution in [0.1, 0.15) is 31.5 Å².